The number of nitrogens with zero attached hydrogens (tertiary/aromatic N) is 3. The zero-order chi connectivity index (χ0) is 26.5. The SMILES string of the molecule is Cc1cc2c(ccc(=O)n2Cc2ccc(-c3cc(C)oc3S(=O)(=O)Nc3noc(C)c3C)cc2)c(C)n1. The van der Waals surface area contributed by atoms with Crippen molar-refractivity contribution in [2.45, 2.75) is 46.3 Å². The molecular weight excluding hydrogens is 492 g/mol. The number of aryl methyl sites for hydroxylation is 4. The quantitative estimate of drug-likeness (QED) is 0.334. The van der Waals surface area contributed by atoms with Crippen molar-refractivity contribution < 1.29 is 17.4 Å². The summed E-state index contributed by atoms with van der Waals surface area (Å²) in [6, 6.07) is 14.3. The summed E-state index contributed by atoms with van der Waals surface area (Å²) in [5.74, 6) is 1.10. The zero-order valence-corrected chi connectivity index (χ0v) is 21.9. The molecule has 0 unspecified atom stereocenters. The van der Waals surface area contributed by atoms with E-state index in [-0.39, 0.29) is 16.5 Å². The minimum atomic E-state index is -4.07. The second-order valence-corrected chi connectivity index (χ2v) is 10.7. The topological polar surface area (TPSA) is 120 Å². The standard InChI is InChI=1S/C27H26N4O5S/c1-15-12-24-22(18(4)28-15)10-11-25(32)31(24)14-20-6-8-21(9-7-20)23-13-16(2)35-27(23)37(33,34)30-26-17(3)19(5)36-29-26/h6-13H,14H2,1-5H3,(H,29,30). The van der Waals surface area contributed by atoms with E-state index in [2.05, 4.69) is 14.9 Å². The maximum atomic E-state index is 13.2. The molecule has 9 nitrogen and oxygen atoms in total. The highest BCUT2D eigenvalue weighted by atomic mass is 32.2. The predicted octanol–water partition coefficient (Wildman–Crippen LogP) is 5.04. The molecule has 5 aromatic rings. The summed E-state index contributed by atoms with van der Waals surface area (Å²) in [6.07, 6.45) is 0. The van der Waals surface area contributed by atoms with E-state index in [9.17, 15) is 13.2 Å². The van der Waals surface area contributed by atoms with Crippen LogP contribution >= 0.6 is 0 Å². The van der Waals surface area contributed by atoms with Gasteiger partial charge in [0.25, 0.3) is 15.6 Å². The maximum Gasteiger partial charge on any atom is 0.297 e. The summed E-state index contributed by atoms with van der Waals surface area (Å²) in [4.78, 5) is 17.2. The molecule has 0 saturated heterocycles. The average Bonchev–Trinajstić information content (AvgIpc) is 3.39. The zero-order valence-electron chi connectivity index (χ0n) is 21.1. The van der Waals surface area contributed by atoms with Crippen LogP contribution in [-0.2, 0) is 16.6 Å². The Labute approximate surface area is 213 Å². The van der Waals surface area contributed by atoms with E-state index < -0.39 is 10.0 Å². The number of hydrogen-bond acceptors (Lipinski definition) is 7. The first kappa shape index (κ1) is 24.5. The highest BCUT2D eigenvalue weighted by Gasteiger charge is 2.27. The number of rotatable bonds is 6. The number of pyridine rings is 2. The van der Waals surface area contributed by atoms with Gasteiger partial charge >= 0.3 is 0 Å². The van der Waals surface area contributed by atoms with Crippen molar-refractivity contribution >= 4 is 26.7 Å². The third-order valence-corrected chi connectivity index (χ3v) is 7.62. The van der Waals surface area contributed by atoms with Crippen LogP contribution in [0.3, 0.4) is 0 Å². The molecule has 0 aliphatic carbocycles. The van der Waals surface area contributed by atoms with Crippen molar-refractivity contribution in [2.24, 2.45) is 0 Å². The Morgan fingerprint density at radius 1 is 0.973 bits per heavy atom. The lowest BCUT2D eigenvalue weighted by Gasteiger charge is -2.13. The lowest BCUT2D eigenvalue weighted by molar-refractivity contribution is 0.399. The van der Waals surface area contributed by atoms with Gasteiger partial charge in [-0.15, -0.1) is 0 Å². The summed E-state index contributed by atoms with van der Waals surface area (Å²) >= 11 is 0. The van der Waals surface area contributed by atoms with Crippen LogP contribution in [-0.4, -0.2) is 23.1 Å². The van der Waals surface area contributed by atoms with Gasteiger partial charge in [-0.1, -0.05) is 29.4 Å². The fraction of sp³-hybridized carbons (Fsp3) is 0.222. The predicted molar refractivity (Wildman–Crippen MR) is 140 cm³/mol. The number of fused-ring (bicyclic) bond motifs is 1. The number of anilines is 1. The monoisotopic (exact) mass is 518 g/mol. The minimum absolute atomic E-state index is 0.107. The summed E-state index contributed by atoms with van der Waals surface area (Å²) in [5.41, 5.74) is 5.00. The van der Waals surface area contributed by atoms with Crippen LogP contribution in [0.15, 0.2) is 67.4 Å². The maximum absolute atomic E-state index is 13.2. The first-order valence-corrected chi connectivity index (χ1v) is 13.1. The second kappa shape index (κ2) is 9.04. The van der Waals surface area contributed by atoms with Gasteiger partial charge in [-0.25, -0.2) is 0 Å². The Hall–Kier alpha value is -4.18. The molecule has 0 fully saturated rings. The van der Waals surface area contributed by atoms with E-state index in [1.54, 1.807) is 43.5 Å². The van der Waals surface area contributed by atoms with Crippen molar-refractivity contribution in [2.75, 3.05) is 4.72 Å². The van der Waals surface area contributed by atoms with Crippen molar-refractivity contribution in [3.63, 3.8) is 0 Å². The molecule has 0 spiro atoms. The van der Waals surface area contributed by atoms with E-state index in [0.717, 1.165) is 27.9 Å². The van der Waals surface area contributed by atoms with Crippen LogP contribution in [0.25, 0.3) is 22.0 Å². The van der Waals surface area contributed by atoms with Gasteiger partial charge in [-0.05, 0) is 63.9 Å². The molecule has 1 N–H and O–H groups in total. The number of benzene rings is 1. The first-order valence-electron chi connectivity index (χ1n) is 11.7. The molecule has 0 radical (unpaired) electrons. The van der Waals surface area contributed by atoms with Gasteiger partial charge in [-0.3, -0.25) is 14.5 Å². The molecule has 0 aliphatic rings. The molecule has 1 aromatic carbocycles. The Balaban J connectivity index is 1.48. The smallest absolute Gasteiger partial charge is 0.297 e. The Morgan fingerprint density at radius 2 is 1.70 bits per heavy atom. The largest absolute Gasteiger partial charge is 0.448 e. The Morgan fingerprint density at radius 3 is 2.38 bits per heavy atom. The number of hydrogen-bond donors (Lipinski definition) is 1. The lowest BCUT2D eigenvalue weighted by Crippen LogP contribution is -2.20. The normalized spacial score (nSPS) is 11.8. The Bertz CT molecular complexity index is 1810. The molecule has 0 amide bonds. The van der Waals surface area contributed by atoms with Crippen molar-refractivity contribution in [3.8, 4) is 11.1 Å². The first-order chi connectivity index (χ1) is 17.5. The van der Waals surface area contributed by atoms with E-state index in [0.29, 0.717) is 34.8 Å². The summed E-state index contributed by atoms with van der Waals surface area (Å²) in [5, 5.41) is 4.51. The lowest BCUT2D eigenvalue weighted by atomic mass is 10.1. The van der Waals surface area contributed by atoms with E-state index in [1.807, 2.05) is 44.2 Å². The molecule has 5 rings (SSSR count). The molecule has 0 aliphatic heterocycles. The van der Waals surface area contributed by atoms with Gasteiger partial charge in [0.05, 0.1) is 12.1 Å². The molecule has 0 atom stereocenters. The minimum Gasteiger partial charge on any atom is -0.448 e. The highest BCUT2D eigenvalue weighted by molar-refractivity contribution is 7.92. The van der Waals surface area contributed by atoms with Gasteiger partial charge < -0.3 is 13.5 Å². The highest BCUT2D eigenvalue weighted by Crippen LogP contribution is 2.33. The Kier molecular flexibility index (Phi) is 5.99. The van der Waals surface area contributed by atoms with Crippen LogP contribution in [0.5, 0.6) is 0 Å². The van der Waals surface area contributed by atoms with Gasteiger partial charge in [0, 0.05) is 34.0 Å². The van der Waals surface area contributed by atoms with Crippen molar-refractivity contribution in [1.82, 2.24) is 14.7 Å². The molecule has 37 heavy (non-hydrogen) atoms. The summed E-state index contributed by atoms with van der Waals surface area (Å²) in [7, 11) is -4.07. The molecule has 4 aromatic heterocycles. The van der Waals surface area contributed by atoms with Gasteiger partial charge in [0.1, 0.15) is 11.5 Å². The van der Waals surface area contributed by atoms with Gasteiger partial charge in [0.15, 0.2) is 5.82 Å². The van der Waals surface area contributed by atoms with E-state index in [1.165, 1.54) is 0 Å². The second-order valence-electron chi connectivity index (χ2n) is 9.11. The molecule has 4 heterocycles. The number of aromatic nitrogens is 3. The van der Waals surface area contributed by atoms with Gasteiger partial charge in [-0.2, -0.15) is 8.42 Å². The van der Waals surface area contributed by atoms with Crippen LogP contribution in [0.1, 0.15) is 34.0 Å². The summed E-state index contributed by atoms with van der Waals surface area (Å²) < 4.78 is 41.2. The van der Waals surface area contributed by atoms with Gasteiger partial charge in [0.2, 0.25) is 5.09 Å². The average molecular weight is 519 g/mol. The van der Waals surface area contributed by atoms with Crippen molar-refractivity contribution in [1.29, 1.82) is 0 Å². The van der Waals surface area contributed by atoms with Crippen molar-refractivity contribution in [3.05, 3.63) is 92.9 Å². The fourth-order valence-electron chi connectivity index (χ4n) is 4.33. The van der Waals surface area contributed by atoms with Crippen LogP contribution in [0.2, 0.25) is 0 Å². The van der Waals surface area contributed by atoms with Crippen LogP contribution in [0, 0.1) is 34.6 Å². The molecular formula is C27H26N4O5S. The van der Waals surface area contributed by atoms with Crippen LogP contribution in [0.4, 0.5) is 5.82 Å². The van der Waals surface area contributed by atoms with E-state index >= 15 is 0 Å². The third-order valence-electron chi connectivity index (χ3n) is 6.36. The molecule has 0 bridgehead atoms. The number of nitrogens with one attached hydrogen (secondary N) is 1. The molecule has 190 valence electrons. The van der Waals surface area contributed by atoms with E-state index in [4.69, 9.17) is 8.94 Å². The fourth-order valence-corrected chi connectivity index (χ4v) is 5.57. The van der Waals surface area contributed by atoms with Crippen LogP contribution < -0.4 is 10.3 Å². The molecule has 0 saturated carbocycles. The molecule has 10 heteroatoms. The summed E-state index contributed by atoms with van der Waals surface area (Å²) in [6.45, 7) is 9.31. The number of furan rings is 1. The third kappa shape index (κ3) is 4.55. The number of sulfonamides is 1.